The van der Waals surface area contributed by atoms with Crippen LogP contribution < -0.4 is 14.8 Å². The van der Waals surface area contributed by atoms with Gasteiger partial charge in [-0.25, -0.2) is 0 Å². The minimum absolute atomic E-state index is 0.0131. The van der Waals surface area contributed by atoms with Gasteiger partial charge in [0.25, 0.3) is 5.91 Å². The molecule has 1 saturated carbocycles. The van der Waals surface area contributed by atoms with Gasteiger partial charge in [-0.2, -0.15) is 0 Å². The Morgan fingerprint density at radius 2 is 1.92 bits per heavy atom. The van der Waals surface area contributed by atoms with E-state index in [0.717, 1.165) is 38.5 Å². The first-order valence-electron chi connectivity index (χ1n) is 12.7. The van der Waals surface area contributed by atoms with Gasteiger partial charge in [0.1, 0.15) is 6.10 Å². The van der Waals surface area contributed by atoms with Gasteiger partial charge in [-0.05, 0) is 68.9 Å². The minimum atomic E-state index is -0.204. The molecular formula is C29H39N3O4. The molecule has 1 saturated heterocycles. The molecule has 2 amide bonds. The molecule has 1 heterocycles. The minimum Gasteiger partial charge on any atom is -0.493 e. The van der Waals surface area contributed by atoms with Gasteiger partial charge in [0.2, 0.25) is 6.41 Å². The van der Waals surface area contributed by atoms with E-state index in [1.54, 1.807) is 31.1 Å². The first kappa shape index (κ1) is 27.2. The largest absolute Gasteiger partial charge is 0.493 e. The Kier molecular flexibility index (Phi) is 9.51. The van der Waals surface area contributed by atoms with Crippen molar-refractivity contribution in [2.75, 3.05) is 20.2 Å². The lowest BCUT2D eigenvalue weighted by Crippen LogP contribution is -2.37. The lowest BCUT2D eigenvalue weighted by atomic mass is 10.00. The van der Waals surface area contributed by atoms with E-state index in [2.05, 4.69) is 31.8 Å². The SMILES string of the molecule is C=C(C=C(C)C(=N)c1ccc(OC2CCN(C=O)CC2)c(OC)c1)C(=O)NC(C(C)=CCC)C1CC1. The van der Waals surface area contributed by atoms with Crippen LogP contribution in [0, 0.1) is 11.3 Å². The van der Waals surface area contributed by atoms with Crippen LogP contribution in [0.15, 0.2) is 53.6 Å². The third-order valence-electron chi connectivity index (χ3n) is 6.84. The number of nitrogens with one attached hydrogen (secondary N) is 2. The van der Waals surface area contributed by atoms with Crippen molar-refractivity contribution < 1.29 is 19.1 Å². The van der Waals surface area contributed by atoms with E-state index in [1.807, 2.05) is 12.1 Å². The Morgan fingerprint density at radius 1 is 1.22 bits per heavy atom. The molecule has 1 atom stereocenters. The average molecular weight is 494 g/mol. The lowest BCUT2D eigenvalue weighted by molar-refractivity contribution is -0.120. The summed E-state index contributed by atoms with van der Waals surface area (Å²) in [4.78, 5) is 25.5. The third-order valence-corrected chi connectivity index (χ3v) is 6.84. The first-order chi connectivity index (χ1) is 17.3. The molecule has 7 nitrogen and oxygen atoms in total. The topological polar surface area (TPSA) is 91.7 Å². The molecule has 1 aromatic carbocycles. The van der Waals surface area contributed by atoms with Crippen LogP contribution in [-0.4, -0.2) is 55.3 Å². The van der Waals surface area contributed by atoms with Gasteiger partial charge in [-0.1, -0.05) is 25.2 Å². The van der Waals surface area contributed by atoms with Crippen LogP contribution >= 0.6 is 0 Å². The van der Waals surface area contributed by atoms with Crippen LogP contribution in [0.3, 0.4) is 0 Å². The number of piperidine rings is 1. The molecule has 2 N–H and O–H groups in total. The number of methoxy groups -OCH3 is 1. The standard InChI is InChI=1S/C29H39N3O4/c1-6-7-19(2)28(22-8-9-22)31-29(34)21(4)16-20(3)27(30)23-10-11-25(26(17-23)35-5)36-24-12-14-32(18-33)15-13-24/h7,10-11,16-18,22,24,28,30H,4,6,8-9,12-15H2,1-3,5H3,(H,31,34). The van der Waals surface area contributed by atoms with Gasteiger partial charge in [-0.15, -0.1) is 0 Å². The van der Waals surface area contributed by atoms with Gasteiger partial charge >= 0.3 is 0 Å². The van der Waals surface area contributed by atoms with E-state index in [9.17, 15) is 9.59 Å². The molecule has 2 aliphatic rings. The third kappa shape index (κ3) is 7.09. The molecule has 1 aliphatic carbocycles. The molecule has 194 valence electrons. The number of carbonyl (C=O) groups excluding carboxylic acids is 2. The Labute approximate surface area is 214 Å². The van der Waals surface area contributed by atoms with Crippen LogP contribution in [0.1, 0.15) is 58.4 Å². The molecule has 1 aliphatic heterocycles. The van der Waals surface area contributed by atoms with E-state index in [4.69, 9.17) is 14.9 Å². The van der Waals surface area contributed by atoms with Crippen LogP contribution in [0.5, 0.6) is 11.5 Å². The highest BCUT2D eigenvalue weighted by Crippen LogP contribution is 2.36. The summed E-state index contributed by atoms with van der Waals surface area (Å²) in [6.45, 7) is 11.3. The first-order valence-corrected chi connectivity index (χ1v) is 12.7. The Balaban J connectivity index is 1.65. The highest BCUT2D eigenvalue weighted by Gasteiger charge is 2.33. The van der Waals surface area contributed by atoms with Crippen molar-refractivity contribution in [1.82, 2.24) is 10.2 Å². The fraction of sp³-hybridized carbons (Fsp3) is 0.483. The normalized spacial score (nSPS) is 17.8. The average Bonchev–Trinajstić information content (AvgIpc) is 3.72. The molecule has 2 fully saturated rings. The Bertz CT molecular complexity index is 1050. The van der Waals surface area contributed by atoms with Crippen molar-refractivity contribution in [2.45, 2.75) is 65.0 Å². The van der Waals surface area contributed by atoms with Gasteiger partial charge in [-0.3, -0.25) is 15.0 Å². The number of rotatable bonds is 12. The maximum absolute atomic E-state index is 12.9. The molecular weight excluding hydrogens is 454 g/mol. The van der Waals surface area contributed by atoms with Crippen molar-refractivity contribution in [2.24, 2.45) is 5.92 Å². The number of hydrogen-bond acceptors (Lipinski definition) is 5. The molecule has 0 spiro atoms. The molecule has 0 radical (unpaired) electrons. The number of ether oxygens (including phenoxy) is 2. The number of carbonyl (C=O) groups is 2. The summed E-state index contributed by atoms with van der Waals surface area (Å²) >= 11 is 0. The molecule has 7 heteroatoms. The number of allylic oxidation sites excluding steroid dienone is 2. The van der Waals surface area contributed by atoms with E-state index in [-0.39, 0.29) is 23.8 Å². The highest BCUT2D eigenvalue weighted by molar-refractivity contribution is 6.11. The Morgan fingerprint density at radius 3 is 2.50 bits per heavy atom. The quantitative estimate of drug-likeness (QED) is 0.144. The monoisotopic (exact) mass is 493 g/mol. The second kappa shape index (κ2) is 12.6. The summed E-state index contributed by atoms with van der Waals surface area (Å²) in [6.07, 6.45) is 9.45. The fourth-order valence-electron chi connectivity index (χ4n) is 4.54. The second-order valence-corrected chi connectivity index (χ2v) is 9.70. The van der Waals surface area contributed by atoms with Crippen molar-refractivity contribution in [3.05, 3.63) is 59.2 Å². The fourth-order valence-corrected chi connectivity index (χ4v) is 4.54. The van der Waals surface area contributed by atoms with Gasteiger partial charge in [0.05, 0.1) is 18.9 Å². The predicted octanol–water partition coefficient (Wildman–Crippen LogP) is 4.82. The lowest BCUT2D eigenvalue weighted by Gasteiger charge is -2.30. The summed E-state index contributed by atoms with van der Waals surface area (Å²) in [7, 11) is 1.57. The zero-order chi connectivity index (χ0) is 26.2. The maximum Gasteiger partial charge on any atom is 0.251 e. The van der Waals surface area contributed by atoms with Crippen molar-refractivity contribution in [1.29, 1.82) is 5.41 Å². The molecule has 0 bridgehead atoms. The number of benzene rings is 1. The molecule has 1 aromatic rings. The summed E-state index contributed by atoms with van der Waals surface area (Å²) < 4.78 is 11.7. The highest BCUT2D eigenvalue weighted by atomic mass is 16.5. The van der Waals surface area contributed by atoms with Crippen LogP contribution in [0.4, 0.5) is 0 Å². The van der Waals surface area contributed by atoms with Crippen LogP contribution in [-0.2, 0) is 9.59 Å². The number of nitrogens with zero attached hydrogens (tertiary/aromatic N) is 1. The van der Waals surface area contributed by atoms with E-state index < -0.39 is 0 Å². The Hall–Kier alpha value is -3.35. The summed E-state index contributed by atoms with van der Waals surface area (Å²) in [5, 5.41) is 11.8. The maximum atomic E-state index is 12.9. The second-order valence-electron chi connectivity index (χ2n) is 9.70. The summed E-state index contributed by atoms with van der Waals surface area (Å²) in [6, 6.07) is 5.46. The van der Waals surface area contributed by atoms with Crippen molar-refractivity contribution in [3.8, 4) is 11.5 Å². The number of amides is 2. The van der Waals surface area contributed by atoms with Gasteiger partial charge < -0.3 is 19.7 Å². The van der Waals surface area contributed by atoms with Crippen molar-refractivity contribution >= 4 is 18.0 Å². The molecule has 3 rings (SSSR count). The molecule has 36 heavy (non-hydrogen) atoms. The van der Waals surface area contributed by atoms with Gasteiger partial charge in [0.15, 0.2) is 11.5 Å². The van der Waals surface area contributed by atoms with E-state index in [1.165, 1.54) is 5.57 Å². The van der Waals surface area contributed by atoms with Crippen LogP contribution in [0.25, 0.3) is 0 Å². The molecule has 0 aromatic heterocycles. The molecule has 1 unspecified atom stereocenters. The number of likely N-dealkylation sites (tertiary alicyclic amines) is 1. The van der Waals surface area contributed by atoms with Gasteiger partial charge in [0, 0.05) is 37.1 Å². The summed E-state index contributed by atoms with van der Waals surface area (Å²) in [5.74, 6) is 1.46. The van der Waals surface area contributed by atoms with Crippen molar-refractivity contribution in [3.63, 3.8) is 0 Å². The van der Waals surface area contributed by atoms with E-state index in [0.29, 0.717) is 47.2 Å². The van der Waals surface area contributed by atoms with Crippen LogP contribution in [0.2, 0.25) is 0 Å². The predicted molar refractivity (Wildman–Crippen MR) is 143 cm³/mol. The summed E-state index contributed by atoms with van der Waals surface area (Å²) in [5.41, 5.74) is 3.11. The number of hydrogen-bond donors (Lipinski definition) is 2. The van der Waals surface area contributed by atoms with E-state index >= 15 is 0 Å². The smallest absolute Gasteiger partial charge is 0.251 e. The zero-order valence-electron chi connectivity index (χ0n) is 21.9. The zero-order valence-corrected chi connectivity index (χ0v) is 21.9.